The summed E-state index contributed by atoms with van der Waals surface area (Å²) in [7, 11) is 0. The van der Waals surface area contributed by atoms with Crippen molar-refractivity contribution in [1.29, 1.82) is 0 Å². The number of hydrogen-bond donors (Lipinski definition) is 2. The molecule has 0 bridgehead atoms. The van der Waals surface area contributed by atoms with Crippen molar-refractivity contribution in [2.24, 2.45) is 0 Å². The molecule has 2 aliphatic rings. The van der Waals surface area contributed by atoms with Crippen LogP contribution in [0.4, 0.5) is 10.5 Å². The first-order valence-electron chi connectivity index (χ1n) is 7.30. The summed E-state index contributed by atoms with van der Waals surface area (Å²) in [5.41, 5.74) is -0.475. The Morgan fingerprint density at radius 3 is 2.65 bits per heavy atom. The average Bonchev–Trinajstić information content (AvgIpc) is 3.05. The molecule has 6 nitrogen and oxygen atoms in total. The van der Waals surface area contributed by atoms with Gasteiger partial charge < -0.3 is 10.6 Å². The zero-order valence-corrected chi connectivity index (χ0v) is 13.7. The van der Waals surface area contributed by atoms with Crippen LogP contribution in [0.25, 0.3) is 0 Å². The van der Waals surface area contributed by atoms with Crippen molar-refractivity contribution in [2.75, 3.05) is 11.9 Å². The number of amides is 4. The van der Waals surface area contributed by atoms with Crippen molar-refractivity contribution in [1.82, 2.24) is 10.2 Å². The smallest absolute Gasteiger partial charge is 0.323 e. The highest BCUT2D eigenvalue weighted by Gasteiger charge is 2.52. The van der Waals surface area contributed by atoms with E-state index in [4.69, 9.17) is 23.2 Å². The molecule has 1 saturated carbocycles. The van der Waals surface area contributed by atoms with Crippen molar-refractivity contribution < 1.29 is 14.4 Å². The zero-order valence-electron chi connectivity index (χ0n) is 12.2. The molecule has 0 aromatic heterocycles. The molecule has 1 aromatic rings. The average molecular weight is 356 g/mol. The SMILES string of the molecule is O=C(CN1C(=O)NC2(CCCC2)C1=O)Nc1cc(Cl)ccc1Cl. The van der Waals surface area contributed by atoms with Crippen LogP contribution in [-0.4, -0.2) is 34.8 Å². The molecule has 8 heteroatoms. The Labute approximate surface area is 143 Å². The number of urea groups is 1. The van der Waals surface area contributed by atoms with Crippen LogP contribution in [0, 0.1) is 0 Å². The summed E-state index contributed by atoms with van der Waals surface area (Å²) in [5.74, 6) is -0.833. The number of anilines is 1. The summed E-state index contributed by atoms with van der Waals surface area (Å²) >= 11 is 11.8. The highest BCUT2D eigenvalue weighted by Crippen LogP contribution is 2.35. The fraction of sp³-hybridized carbons (Fsp3) is 0.400. The first kappa shape index (κ1) is 16.1. The van der Waals surface area contributed by atoms with E-state index >= 15 is 0 Å². The molecular weight excluding hydrogens is 341 g/mol. The van der Waals surface area contributed by atoms with Crippen molar-refractivity contribution in [3.63, 3.8) is 0 Å². The minimum absolute atomic E-state index is 0.326. The van der Waals surface area contributed by atoms with Crippen molar-refractivity contribution >= 4 is 46.7 Å². The van der Waals surface area contributed by atoms with E-state index in [-0.39, 0.29) is 12.5 Å². The van der Waals surface area contributed by atoms with Gasteiger partial charge in [0.1, 0.15) is 12.1 Å². The zero-order chi connectivity index (χ0) is 16.6. The molecule has 0 unspecified atom stereocenters. The van der Waals surface area contributed by atoms with Crippen LogP contribution in [0.3, 0.4) is 0 Å². The molecule has 1 heterocycles. The number of nitrogens with zero attached hydrogens (tertiary/aromatic N) is 1. The fourth-order valence-electron chi connectivity index (χ4n) is 3.06. The van der Waals surface area contributed by atoms with E-state index in [1.807, 2.05) is 0 Å². The highest BCUT2D eigenvalue weighted by molar-refractivity contribution is 6.35. The number of benzene rings is 1. The number of hydrogen-bond acceptors (Lipinski definition) is 3. The van der Waals surface area contributed by atoms with Crippen molar-refractivity contribution in [3.8, 4) is 0 Å². The lowest BCUT2D eigenvalue weighted by Gasteiger charge is -2.19. The van der Waals surface area contributed by atoms with E-state index in [0.717, 1.165) is 17.7 Å². The van der Waals surface area contributed by atoms with Gasteiger partial charge >= 0.3 is 6.03 Å². The molecule has 1 spiro atoms. The topological polar surface area (TPSA) is 78.5 Å². The second-order valence-electron chi connectivity index (χ2n) is 5.78. The van der Waals surface area contributed by atoms with Crippen LogP contribution < -0.4 is 10.6 Å². The van der Waals surface area contributed by atoms with E-state index in [9.17, 15) is 14.4 Å². The Bertz CT molecular complexity index is 687. The van der Waals surface area contributed by atoms with Gasteiger partial charge in [-0.15, -0.1) is 0 Å². The number of rotatable bonds is 3. The van der Waals surface area contributed by atoms with E-state index in [1.54, 1.807) is 12.1 Å². The number of imide groups is 1. The molecule has 1 aliphatic carbocycles. The summed E-state index contributed by atoms with van der Waals surface area (Å²) < 4.78 is 0. The third kappa shape index (κ3) is 3.01. The molecule has 1 saturated heterocycles. The predicted octanol–water partition coefficient (Wildman–Crippen LogP) is 2.80. The van der Waals surface area contributed by atoms with Crippen molar-refractivity contribution in [3.05, 3.63) is 28.2 Å². The lowest BCUT2D eigenvalue weighted by atomic mass is 9.98. The fourth-order valence-corrected chi connectivity index (χ4v) is 3.40. The van der Waals surface area contributed by atoms with Gasteiger partial charge in [0.15, 0.2) is 0 Å². The van der Waals surface area contributed by atoms with Gasteiger partial charge in [-0.2, -0.15) is 0 Å². The molecule has 122 valence electrons. The maximum atomic E-state index is 12.5. The molecule has 1 aromatic carbocycles. The third-order valence-electron chi connectivity index (χ3n) is 4.21. The largest absolute Gasteiger partial charge is 0.325 e. The van der Waals surface area contributed by atoms with Crippen molar-refractivity contribution in [2.45, 2.75) is 31.2 Å². The van der Waals surface area contributed by atoms with E-state index in [0.29, 0.717) is 28.6 Å². The number of nitrogens with one attached hydrogen (secondary N) is 2. The summed E-state index contributed by atoms with van der Waals surface area (Å²) in [6.07, 6.45) is 3.03. The molecule has 2 N–H and O–H groups in total. The van der Waals surface area contributed by atoms with Crippen LogP contribution in [0.2, 0.25) is 10.0 Å². The second kappa shape index (κ2) is 6.02. The Hall–Kier alpha value is -1.79. The number of carbonyl (C=O) groups is 3. The molecule has 2 fully saturated rings. The van der Waals surface area contributed by atoms with Crippen LogP contribution in [0.5, 0.6) is 0 Å². The first-order valence-corrected chi connectivity index (χ1v) is 8.06. The maximum absolute atomic E-state index is 12.5. The maximum Gasteiger partial charge on any atom is 0.325 e. The minimum atomic E-state index is -0.814. The summed E-state index contributed by atoms with van der Waals surface area (Å²) in [4.78, 5) is 37.6. The van der Waals surface area contributed by atoms with E-state index in [2.05, 4.69) is 10.6 Å². The predicted molar refractivity (Wildman–Crippen MR) is 86.5 cm³/mol. The molecule has 23 heavy (non-hydrogen) atoms. The molecule has 0 atom stereocenters. The Balaban J connectivity index is 1.69. The second-order valence-corrected chi connectivity index (χ2v) is 6.63. The van der Waals surface area contributed by atoms with Gasteiger partial charge in [-0.1, -0.05) is 36.0 Å². The molecule has 0 radical (unpaired) electrons. The standard InChI is InChI=1S/C15H15Cl2N3O3/c16-9-3-4-10(17)11(7-9)18-12(21)8-20-13(22)15(19-14(20)23)5-1-2-6-15/h3-4,7H,1-2,5-6,8H2,(H,18,21)(H,19,23). The van der Waals surface area contributed by atoms with Gasteiger partial charge in [0, 0.05) is 5.02 Å². The van der Waals surface area contributed by atoms with E-state index in [1.165, 1.54) is 6.07 Å². The molecular formula is C15H15Cl2N3O3. The van der Waals surface area contributed by atoms with Gasteiger partial charge in [-0.3, -0.25) is 14.5 Å². The van der Waals surface area contributed by atoms with Crippen LogP contribution in [0.1, 0.15) is 25.7 Å². The van der Waals surface area contributed by atoms with Gasteiger partial charge in [0.05, 0.1) is 10.7 Å². The minimum Gasteiger partial charge on any atom is -0.323 e. The van der Waals surface area contributed by atoms with Gasteiger partial charge in [0.25, 0.3) is 5.91 Å². The first-order chi connectivity index (χ1) is 10.9. The number of carbonyl (C=O) groups excluding carboxylic acids is 3. The Morgan fingerprint density at radius 2 is 1.96 bits per heavy atom. The Kier molecular flexibility index (Phi) is 4.21. The quantitative estimate of drug-likeness (QED) is 0.818. The van der Waals surface area contributed by atoms with Gasteiger partial charge in [0.2, 0.25) is 5.91 Å². The molecule has 1 aliphatic heterocycles. The van der Waals surface area contributed by atoms with Crippen LogP contribution in [0.15, 0.2) is 18.2 Å². The lowest BCUT2D eigenvalue weighted by molar-refractivity contribution is -0.133. The van der Waals surface area contributed by atoms with Crippen LogP contribution >= 0.6 is 23.2 Å². The van der Waals surface area contributed by atoms with E-state index < -0.39 is 17.5 Å². The summed E-state index contributed by atoms with van der Waals surface area (Å²) in [5, 5.41) is 6.04. The van der Waals surface area contributed by atoms with Crippen LogP contribution in [-0.2, 0) is 9.59 Å². The summed E-state index contributed by atoms with van der Waals surface area (Å²) in [6, 6.07) is 4.14. The molecule has 3 rings (SSSR count). The lowest BCUT2D eigenvalue weighted by Crippen LogP contribution is -2.44. The van der Waals surface area contributed by atoms with Gasteiger partial charge in [-0.05, 0) is 31.0 Å². The number of halogens is 2. The Morgan fingerprint density at radius 1 is 1.26 bits per heavy atom. The monoisotopic (exact) mass is 355 g/mol. The third-order valence-corrected chi connectivity index (χ3v) is 4.77. The highest BCUT2D eigenvalue weighted by atomic mass is 35.5. The summed E-state index contributed by atoms with van der Waals surface area (Å²) in [6.45, 7) is -0.352. The molecule has 4 amide bonds. The normalized spacial score (nSPS) is 19.3. The van der Waals surface area contributed by atoms with Gasteiger partial charge in [-0.25, -0.2) is 4.79 Å².